The number of hydrogen-bond acceptors (Lipinski definition) is 4. The van der Waals surface area contributed by atoms with Crippen LogP contribution in [0, 0.1) is 11.8 Å². The molecule has 0 aliphatic carbocycles. The van der Waals surface area contributed by atoms with Crippen LogP contribution in [-0.2, 0) is 19.1 Å². The van der Waals surface area contributed by atoms with Crippen LogP contribution < -0.4 is 0 Å². The van der Waals surface area contributed by atoms with E-state index in [2.05, 4.69) is 6.92 Å². The number of carbonyl (C=O) groups is 2. The van der Waals surface area contributed by atoms with Gasteiger partial charge in [0.15, 0.2) is 0 Å². The third-order valence-corrected chi connectivity index (χ3v) is 3.14. The van der Waals surface area contributed by atoms with Gasteiger partial charge in [0.2, 0.25) is 0 Å². The second kappa shape index (κ2) is 5.87. The van der Waals surface area contributed by atoms with Crippen molar-refractivity contribution in [3.05, 3.63) is 0 Å². The smallest absolute Gasteiger partial charge is 0.313 e. The Bertz CT molecular complexity index is 262. The normalized spacial score (nSPS) is 28.9. The molecule has 0 amide bonds. The first-order chi connectivity index (χ1) is 7.61. The fourth-order valence-corrected chi connectivity index (χ4v) is 2.12. The minimum absolute atomic E-state index is 0.281. The third-order valence-electron chi connectivity index (χ3n) is 3.14. The van der Waals surface area contributed by atoms with E-state index >= 15 is 0 Å². The molecule has 0 aromatic heterocycles. The Labute approximate surface area is 96.3 Å². The van der Waals surface area contributed by atoms with E-state index in [4.69, 9.17) is 9.47 Å². The SMILES string of the molecule is CCCCC[C@H]1OC(=O)[C@@H](C)[C@@H]1C(=O)OC. The topological polar surface area (TPSA) is 52.6 Å². The zero-order valence-corrected chi connectivity index (χ0v) is 10.2. The van der Waals surface area contributed by atoms with Crippen molar-refractivity contribution in [2.24, 2.45) is 11.8 Å². The van der Waals surface area contributed by atoms with Crippen molar-refractivity contribution in [2.45, 2.75) is 45.6 Å². The average molecular weight is 228 g/mol. The van der Waals surface area contributed by atoms with Crippen LogP contribution in [0.15, 0.2) is 0 Å². The highest BCUT2D eigenvalue weighted by Crippen LogP contribution is 2.32. The lowest BCUT2D eigenvalue weighted by Crippen LogP contribution is -2.29. The lowest BCUT2D eigenvalue weighted by Gasteiger charge is -2.16. The summed E-state index contributed by atoms with van der Waals surface area (Å²) >= 11 is 0. The summed E-state index contributed by atoms with van der Waals surface area (Å²) < 4.78 is 9.93. The number of carbonyl (C=O) groups excluding carboxylic acids is 2. The molecule has 1 saturated heterocycles. The van der Waals surface area contributed by atoms with E-state index < -0.39 is 5.92 Å². The minimum atomic E-state index is -0.422. The van der Waals surface area contributed by atoms with Crippen LogP contribution >= 0.6 is 0 Å². The highest BCUT2D eigenvalue weighted by atomic mass is 16.6. The highest BCUT2D eigenvalue weighted by Gasteiger charge is 2.46. The van der Waals surface area contributed by atoms with E-state index in [0.29, 0.717) is 0 Å². The summed E-state index contributed by atoms with van der Waals surface area (Å²) in [5, 5.41) is 0. The van der Waals surface area contributed by atoms with Crippen LogP contribution in [0.2, 0.25) is 0 Å². The predicted molar refractivity (Wildman–Crippen MR) is 58.7 cm³/mol. The van der Waals surface area contributed by atoms with Crippen molar-refractivity contribution in [3.63, 3.8) is 0 Å². The fraction of sp³-hybridized carbons (Fsp3) is 0.833. The van der Waals surface area contributed by atoms with Gasteiger partial charge in [-0.3, -0.25) is 9.59 Å². The van der Waals surface area contributed by atoms with Gasteiger partial charge in [-0.2, -0.15) is 0 Å². The maximum atomic E-state index is 11.6. The minimum Gasteiger partial charge on any atom is -0.469 e. The van der Waals surface area contributed by atoms with Crippen molar-refractivity contribution in [1.82, 2.24) is 0 Å². The molecule has 0 spiro atoms. The number of rotatable bonds is 5. The Morgan fingerprint density at radius 1 is 1.44 bits per heavy atom. The molecular weight excluding hydrogens is 208 g/mol. The van der Waals surface area contributed by atoms with E-state index in [9.17, 15) is 9.59 Å². The molecule has 3 atom stereocenters. The maximum Gasteiger partial charge on any atom is 0.313 e. The Kier molecular flexibility index (Phi) is 4.77. The van der Waals surface area contributed by atoms with Gasteiger partial charge in [0.05, 0.1) is 13.0 Å². The lowest BCUT2D eigenvalue weighted by atomic mass is 9.89. The summed E-state index contributed by atoms with van der Waals surface area (Å²) in [6.07, 6.45) is 3.65. The standard InChI is InChI=1S/C12H20O4/c1-4-5-6-7-9-10(12(14)15-3)8(2)11(13)16-9/h8-10H,4-7H2,1-3H3/t8-,9+,10-/m0/s1. The first kappa shape index (κ1) is 13.0. The van der Waals surface area contributed by atoms with Crippen molar-refractivity contribution < 1.29 is 19.1 Å². The monoisotopic (exact) mass is 228 g/mol. The molecule has 0 unspecified atom stereocenters. The summed E-state index contributed by atoms with van der Waals surface area (Å²) in [7, 11) is 1.35. The largest absolute Gasteiger partial charge is 0.469 e. The number of unbranched alkanes of at least 4 members (excludes halogenated alkanes) is 2. The molecule has 1 aliphatic heterocycles. The molecule has 0 bridgehead atoms. The van der Waals surface area contributed by atoms with E-state index in [-0.39, 0.29) is 24.0 Å². The molecule has 16 heavy (non-hydrogen) atoms. The van der Waals surface area contributed by atoms with E-state index in [0.717, 1.165) is 25.7 Å². The zero-order valence-electron chi connectivity index (χ0n) is 10.2. The van der Waals surface area contributed by atoms with E-state index in [1.165, 1.54) is 7.11 Å². The molecule has 1 heterocycles. The summed E-state index contributed by atoms with van der Waals surface area (Å²) in [5.74, 6) is -1.41. The molecule has 1 aliphatic rings. The maximum absolute atomic E-state index is 11.6. The van der Waals surface area contributed by atoms with Crippen LogP contribution in [0.5, 0.6) is 0 Å². The van der Waals surface area contributed by atoms with Gasteiger partial charge in [-0.15, -0.1) is 0 Å². The van der Waals surface area contributed by atoms with Gasteiger partial charge in [-0.25, -0.2) is 0 Å². The van der Waals surface area contributed by atoms with Crippen molar-refractivity contribution in [2.75, 3.05) is 7.11 Å². The van der Waals surface area contributed by atoms with Crippen molar-refractivity contribution in [3.8, 4) is 0 Å². The number of methoxy groups -OCH3 is 1. The molecule has 0 aromatic rings. The molecule has 0 N–H and O–H groups in total. The van der Waals surface area contributed by atoms with Crippen LogP contribution in [0.1, 0.15) is 39.5 Å². The van der Waals surface area contributed by atoms with Gasteiger partial charge >= 0.3 is 11.9 Å². The molecule has 1 fully saturated rings. The molecule has 0 saturated carbocycles. The second-order valence-electron chi connectivity index (χ2n) is 4.31. The molecular formula is C12H20O4. The van der Waals surface area contributed by atoms with Gasteiger partial charge in [0, 0.05) is 0 Å². The Morgan fingerprint density at radius 2 is 2.12 bits per heavy atom. The van der Waals surface area contributed by atoms with Gasteiger partial charge in [-0.1, -0.05) is 26.7 Å². The van der Waals surface area contributed by atoms with Crippen molar-refractivity contribution in [1.29, 1.82) is 0 Å². The summed E-state index contributed by atoms with van der Waals surface area (Å²) in [5.41, 5.74) is 0. The molecule has 4 heteroatoms. The number of cyclic esters (lactones) is 1. The number of ether oxygens (including phenoxy) is 2. The second-order valence-corrected chi connectivity index (χ2v) is 4.31. The average Bonchev–Trinajstić information content (AvgIpc) is 2.55. The van der Waals surface area contributed by atoms with Crippen molar-refractivity contribution >= 4 is 11.9 Å². The molecule has 0 radical (unpaired) electrons. The molecule has 92 valence electrons. The Balaban J connectivity index is 2.60. The van der Waals surface area contributed by atoms with E-state index in [1.54, 1.807) is 6.92 Å². The highest BCUT2D eigenvalue weighted by molar-refractivity contribution is 5.85. The van der Waals surface area contributed by atoms with Crippen LogP contribution in [0.25, 0.3) is 0 Å². The number of esters is 2. The summed E-state index contributed by atoms with van der Waals surface area (Å²) in [6.45, 7) is 3.84. The Morgan fingerprint density at radius 3 is 2.69 bits per heavy atom. The molecule has 4 nitrogen and oxygen atoms in total. The first-order valence-corrected chi connectivity index (χ1v) is 5.90. The first-order valence-electron chi connectivity index (χ1n) is 5.90. The van der Waals surface area contributed by atoms with E-state index in [1.807, 2.05) is 0 Å². The van der Waals surface area contributed by atoms with Crippen LogP contribution in [0.4, 0.5) is 0 Å². The number of hydrogen-bond donors (Lipinski definition) is 0. The third kappa shape index (κ3) is 2.74. The summed E-state index contributed by atoms with van der Waals surface area (Å²) in [6, 6.07) is 0. The van der Waals surface area contributed by atoms with Gasteiger partial charge in [0.25, 0.3) is 0 Å². The molecule has 0 aromatic carbocycles. The van der Waals surface area contributed by atoms with Gasteiger partial charge < -0.3 is 9.47 Å². The quantitative estimate of drug-likeness (QED) is 0.533. The van der Waals surface area contributed by atoms with Gasteiger partial charge in [-0.05, 0) is 12.8 Å². The predicted octanol–water partition coefficient (Wildman–Crippen LogP) is 1.92. The summed E-state index contributed by atoms with van der Waals surface area (Å²) in [4.78, 5) is 23.0. The lowest BCUT2D eigenvalue weighted by molar-refractivity contribution is -0.148. The zero-order chi connectivity index (χ0) is 12.1. The molecule has 1 rings (SSSR count). The Hall–Kier alpha value is -1.06. The van der Waals surface area contributed by atoms with Gasteiger partial charge in [0.1, 0.15) is 12.0 Å². The fourth-order valence-electron chi connectivity index (χ4n) is 2.12. The van der Waals surface area contributed by atoms with Crippen LogP contribution in [-0.4, -0.2) is 25.2 Å². The van der Waals surface area contributed by atoms with Crippen LogP contribution in [0.3, 0.4) is 0 Å².